The number of rotatable bonds is 3. The molecular weight excluding hydrogens is 372 g/mol. The first-order chi connectivity index (χ1) is 13.9. The van der Waals surface area contributed by atoms with Gasteiger partial charge in [0.2, 0.25) is 0 Å². The minimum Gasteiger partial charge on any atom is -0.504 e. The first kappa shape index (κ1) is 19.7. The van der Waals surface area contributed by atoms with Crippen LogP contribution in [-0.2, 0) is 0 Å². The van der Waals surface area contributed by atoms with Crippen molar-refractivity contribution in [2.75, 3.05) is 12.8 Å². The zero-order valence-corrected chi connectivity index (χ0v) is 15.9. The van der Waals surface area contributed by atoms with Gasteiger partial charge in [0.1, 0.15) is 5.65 Å². The van der Waals surface area contributed by atoms with Gasteiger partial charge >= 0.3 is 5.97 Å². The standard InChI is InChI=1S/C14H13N3O2.C7H7NO2/c1-19-13-5-8(2-3-12(13)18)9-4-10-11(15)7-17-14(10)16-6-9;1-5-2-6(7(9)10)4-8-3-5/h2-7,18H,15H2,1H3,(H,16,17);2-4H,1H3,(H,9,10). The molecule has 148 valence electrons. The quantitative estimate of drug-likeness (QED) is 0.418. The van der Waals surface area contributed by atoms with Crippen LogP contribution < -0.4 is 10.5 Å². The number of methoxy groups -OCH3 is 1. The number of pyridine rings is 2. The van der Waals surface area contributed by atoms with Gasteiger partial charge in [0.05, 0.1) is 18.4 Å². The number of nitrogens with one attached hydrogen (secondary N) is 1. The summed E-state index contributed by atoms with van der Waals surface area (Å²) >= 11 is 0. The second-order valence-electron chi connectivity index (χ2n) is 6.31. The lowest BCUT2D eigenvalue weighted by Crippen LogP contribution is -1.96. The Bertz CT molecular complexity index is 1170. The van der Waals surface area contributed by atoms with E-state index in [1.54, 1.807) is 43.7 Å². The molecule has 0 radical (unpaired) electrons. The van der Waals surface area contributed by atoms with Gasteiger partial charge in [0, 0.05) is 35.7 Å². The van der Waals surface area contributed by atoms with E-state index >= 15 is 0 Å². The number of nitrogens with zero attached hydrogens (tertiary/aromatic N) is 2. The molecule has 3 aromatic heterocycles. The fourth-order valence-corrected chi connectivity index (χ4v) is 2.71. The number of carbonyl (C=O) groups is 1. The number of aromatic carboxylic acids is 1. The summed E-state index contributed by atoms with van der Waals surface area (Å²) in [6.45, 7) is 1.80. The Labute approximate surface area is 166 Å². The van der Waals surface area contributed by atoms with E-state index < -0.39 is 5.97 Å². The molecule has 0 atom stereocenters. The fourth-order valence-electron chi connectivity index (χ4n) is 2.71. The van der Waals surface area contributed by atoms with Gasteiger partial charge in [0.25, 0.3) is 0 Å². The average molecular weight is 392 g/mol. The highest BCUT2D eigenvalue weighted by molar-refractivity contribution is 5.91. The van der Waals surface area contributed by atoms with Crippen molar-refractivity contribution < 1.29 is 19.7 Å². The molecule has 0 saturated heterocycles. The van der Waals surface area contributed by atoms with Gasteiger partial charge in [-0.25, -0.2) is 9.78 Å². The Morgan fingerprint density at radius 3 is 2.59 bits per heavy atom. The third-order valence-electron chi connectivity index (χ3n) is 4.20. The highest BCUT2D eigenvalue weighted by atomic mass is 16.5. The van der Waals surface area contributed by atoms with Crippen molar-refractivity contribution in [2.45, 2.75) is 6.92 Å². The molecule has 0 unspecified atom stereocenters. The van der Waals surface area contributed by atoms with Crippen LogP contribution in [0.4, 0.5) is 5.69 Å². The summed E-state index contributed by atoms with van der Waals surface area (Å²) in [4.78, 5) is 21.4. The summed E-state index contributed by atoms with van der Waals surface area (Å²) in [5, 5.41) is 18.9. The van der Waals surface area contributed by atoms with Crippen LogP contribution in [0.15, 0.2) is 55.1 Å². The molecule has 1 aromatic carbocycles. The van der Waals surface area contributed by atoms with Crippen molar-refractivity contribution >= 4 is 22.7 Å². The summed E-state index contributed by atoms with van der Waals surface area (Å²) < 4.78 is 5.10. The number of nitrogen functional groups attached to an aromatic ring is 1. The number of fused-ring (bicyclic) bond motifs is 1. The van der Waals surface area contributed by atoms with Crippen LogP contribution in [0.2, 0.25) is 0 Å². The maximum absolute atomic E-state index is 10.3. The predicted molar refractivity (Wildman–Crippen MR) is 110 cm³/mol. The van der Waals surface area contributed by atoms with Crippen LogP contribution >= 0.6 is 0 Å². The average Bonchev–Trinajstić information content (AvgIpc) is 3.09. The van der Waals surface area contributed by atoms with Crippen LogP contribution in [0.1, 0.15) is 15.9 Å². The summed E-state index contributed by atoms with van der Waals surface area (Å²) in [5.74, 6) is -0.391. The van der Waals surface area contributed by atoms with Gasteiger partial charge in [-0.05, 0) is 42.3 Å². The second kappa shape index (κ2) is 8.30. The number of carboxylic acid groups (broad SMARTS) is 1. The number of phenolic OH excluding ortho intramolecular Hbond substituents is 1. The monoisotopic (exact) mass is 392 g/mol. The molecular formula is C21H20N4O4. The number of aromatic amines is 1. The smallest absolute Gasteiger partial charge is 0.337 e. The van der Waals surface area contributed by atoms with E-state index in [1.807, 2.05) is 12.1 Å². The van der Waals surface area contributed by atoms with E-state index in [0.29, 0.717) is 11.4 Å². The molecule has 0 aliphatic carbocycles. The van der Waals surface area contributed by atoms with Crippen molar-refractivity contribution in [2.24, 2.45) is 0 Å². The van der Waals surface area contributed by atoms with E-state index in [0.717, 1.165) is 27.7 Å². The number of aryl methyl sites for hydroxylation is 1. The molecule has 3 heterocycles. The molecule has 5 N–H and O–H groups in total. The minimum atomic E-state index is -0.934. The Kier molecular flexibility index (Phi) is 5.64. The summed E-state index contributed by atoms with van der Waals surface area (Å²) in [5.41, 5.74) is 10.2. The van der Waals surface area contributed by atoms with Gasteiger partial charge in [0.15, 0.2) is 11.5 Å². The third-order valence-corrected chi connectivity index (χ3v) is 4.20. The largest absolute Gasteiger partial charge is 0.504 e. The fraction of sp³-hybridized carbons (Fsp3) is 0.0952. The lowest BCUT2D eigenvalue weighted by molar-refractivity contribution is 0.0696. The highest BCUT2D eigenvalue weighted by Crippen LogP contribution is 2.32. The van der Waals surface area contributed by atoms with Gasteiger partial charge in [-0.1, -0.05) is 6.07 Å². The molecule has 4 rings (SSSR count). The Balaban J connectivity index is 0.000000204. The molecule has 8 heteroatoms. The van der Waals surface area contributed by atoms with Crippen LogP contribution in [0.25, 0.3) is 22.2 Å². The SMILES string of the molecule is COc1cc(-c2cnc3[nH]cc(N)c3c2)ccc1O.Cc1cncc(C(=O)O)c1. The number of anilines is 1. The van der Waals surface area contributed by atoms with E-state index in [9.17, 15) is 9.90 Å². The number of nitrogens with two attached hydrogens (primary N) is 1. The van der Waals surface area contributed by atoms with Crippen LogP contribution in [0.3, 0.4) is 0 Å². The Morgan fingerprint density at radius 1 is 1.14 bits per heavy atom. The van der Waals surface area contributed by atoms with E-state index in [1.165, 1.54) is 13.3 Å². The summed E-state index contributed by atoms with van der Waals surface area (Å²) in [6, 6.07) is 8.71. The maximum Gasteiger partial charge on any atom is 0.337 e. The molecule has 0 aliphatic heterocycles. The lowest BCUT2D eigenvalue weighted by Gasteiger charge is -2.07. The van der Waals surface area contributed by atoms with Gasteiger partial charge < -0.3 is 25.7 Å². The van der Waals surface area contributed by atoms with Crippen LogP contribution in [-0.4, -0.2) is 38.2 Å². The first-order valence-electron chi connectivity index (χ1n) is 8.64. The van der Waals surface area contributed by atoms with Crippen LogP contribution in [0, 0.1) is 6.92 Å². The Hall–Kier alpha value is -4.07. The van der Waals surface area contributed by atoms with E-state index in [4.69, 9.17) is 15.6 Å². The zero-order valence-electron chi connectivity index (χ0n) is 15.9. The molecule has 0 aliphatic rings. The number of benzene rings is 1. The molecule has 0 fully saturated rings. The molecule has 29 heavy (non-hydrogen) atoms. The molecule has 0 amide bonds. The molecule has 0 saturated carbocycles. The second-order valence-corrected chi connectivity index (χ2v) is 6.31. The predicted octanol–water partition coefficient (Wildman–Crippen LogP) is 3.61. The van der Waals surface area contributed by atoms with Crippen molar-refractivity contribution in [3.05, 3.63) is 66.2 Å². The summed E-state index contributed by atoms with van der Waals surface area (Å²) in [6.07, 6.45) is 6.42. The number of hydrogen-bond donors (Lipinski definition) is 4. The van der Waals surface area contributed by atoms with Gasteiger partial charge in [-0.15, -0.1) is 0 Å². The van der Waals surface area contributed by atoms with E-state index in [2.05, 4.69) is 15.0 Å². The molecule has 4 aromatic rings. The zero-order chi connectivity index (χ0) is 21.0. The lowest BCUT2D eigenvalue weighted by atomic mass is 10.1. The van der Waals surface area contributed by atoms with E-state index in [-0.39, 0.29) is 11.3 Å². The molecule has 8 nitrogen and oxygen atoms in total. The maximum atomic E-state index is 10.3. The van der Waals surface area contributed by atoms with Crippen molar-refractivity contribution in [1.29, 1.82) is 0 Å². The number of aromatic nitrogens is 3. The topological polar surface area (TPSA) is 134 Å². The number of carboxylic acids is 1. The third kappa shape index (κ3) is 4.44. The number of phenols is 1. The molecule has 0 bridgehead atoms. The summed E-state index contributed by atoms with van der Waals surface area (Å²) in [7, 11) is 1.52. The van der Waals surface area contributed by atoms with Crippen LogP contribution in [0.5, 0.6) is 11.5 Å². The molecule has 0 spiro atoms. The normalized spacial score (nSPS) is 10.3. The van der Waals surface area contributed by atoms with Crippen molar-refractivity contribution in [3.63, 3.8) is 0 Å². The van der Waals surface area contributed by atoms with Gasteiger partial charge in [-0.3, -0.25) is 4.98 Å². The first-order valence-corrected chi connectivity index (χ1v) is 8.64. The number of aromatic hydroxyl groups is 1. The number of H-pyrrole nitrogens is 1. The van der Waals surface area contributed by atoms with Crippen molar-refractivity contribution in [3.8, 4) is 22.6 Å². The minimum absolute atomic E-state index is 0.112. The van der Waals surface area contributed by atoms with Crippen molar-refractivity contribution in [1.82, 2.24) is 15.0 Å². The highest BCUT2D eigenvalue weighted by Gasteiger charge is 2.08. The van der Waals surface area contributed by atoms with Gasteiger partial charge in [-0.2, -0.15) is 0 Å². The number of ether oxygens (including phenoxy) is 1. The Morgan fingerprint density at radius 2 is 1.93 bits per heavy atom. The number of hydrogen-bond acceptors (Lipinski definition) is 6.